The van der Waals surface area contributed by atoms with E-state index in [1.165, 1.54) is 96.4 Å². The van der Waals surface area contributed by atoms with Crippen LogP contribution in [0.15, 0.2) is 0 Å². The van der Waals surface area contributed by atoms with Crippen molar-refractivity contribution in [1.29, 1.82) is 0 Å². The maximum absolute atomic E-state index is 9.99. The zero-order valence-corrected chi connectivity index (χ0v) is 20.3. The number of rotatable bonds is 19. The topological polar surface area (TPSA) is 101 Å². The molecular formula is C24H51N2O4+. The SMILES string of the molecule is CCCCCCCCCCCCCCCC[N+](C)(C)C.N[C@@H](CCC(=O)O)C(=O)O. The second-order valence-corrected chi connectivity index (χ2v) is 9.49. The maximum Gasteiger partial charge on any atom is 0.320 e. The maximum atomic E-state index is 9.99. The summed E-state index contributed by atoms with van der Waals surface area (Å²) >= 11 is 0. The standard InChI is InChI=1S/C19H42N.C5H9NO4/c1-5-6-7-8-9-10-11-12-13-14-15-16-17-18-19-20(2,3)4;6-3(5(9)10)1-2-4(7)8/h5-19H2,1-4H3;3H,1-2,6H2,(H,7,8)(H,9,10)/q+1;/t;3-/m.0/s1. The van der Waals surface area contributed by atoms with Crippen molar-refractivity contribution in [2.24, 2.45) is 5.73 Å². The highest BCUT2D eigenvalue weighted by molar-refractivity contribution is 5.74. The molecule has 0 radical (unpaired) electrons. The number of hydrogen-bond donors (Lipinski definition) is 3. The molecule has 4 N–H and O–H groups in total. The van der Waals surface area contributed by atoms with Crippen LogP contribution in [-0.2, 0) is 9.59 Å². The minimum atomic E-state index is -1.17. The van der Waals surface area contributed by atoms with E-state index < -0.39 is 18.0 Å². The Morgan fingerprint density at radius 3 is 1.40 bits per heavy atom. The van der Waals surface area contributed by atoms with Gasteiger partial charge in [0.05, 0.1) is 27.7 Å². The summed E-state index contributed by atoms with van der Waals surface area (Å²) < 4.78 is 1.12. The Kier molecular flexibility index (Phi) is 21.8. The van der Waals surface area contributed by atoms with E-state index >= 15 is 0 Å². The fourth-order valence-corrected chi connectivity index (χ4v) is 3.18. The molecule has 180 valence electrons. The van der Waals surface area contributed by atoms with Gasteiger partial charge in [-0.3, -0.25) is 9.59 Å². The molecule has 0 aliphatic carbocycles. The summed E-state index contributed by atoms with van der Waals surface area (Å²) in [6, 6.07) is -1.06. The van der Waals surface area contributed by atoms with Crippen molar-refractivity contribution < 1.29 is 24.3 Å². The number of nitrogens with zero attached hydrogens (tertiary/aromatic N) is 1. The van der Waals surface area contributed by atoms with Crippen molar-refractivity contribution in [3.8, 4) is 0 Å². The van der Waals surface area contributed by atoms with E-state index in [1.807, 2.05) is 0 Å². The molecule has 0 aliphatic rings. The smallest absolute Gasteiger partial charge is 0.320 e. The summed E-state index contributed by atoms with van der Waals surface area (Å²) in [6.07, 6.45) is 20.1. The van der Waals surface area contributed by atoms with E-state index in [4.69, 9.17) is 15.9 Å². The van der Waals surface area contributed by atoms with Gasteiger partial charge in [0.15, 0.2) is 0 Å². The first-order valence-electron chi connectivity index (χ1n) is 12.1. The second-order valence-electron chi connectivity index (χ2n) is 9.49. The van der Waals surface area contributed by atoms with Gasteiger partial charge in [0.2, 0.25) is 0 Å². The first-order valence-corrected chi connectivity index (χ1v) is 12.1. The van der Waals surface area contributed by atoms with Crippen molar-refractivity contribution >= 4 is 11.9 Å². The highest BCUT2D eigenvalue weighted by Gasteiger charge is 2.12. The number of aliphatic carboxylic acids is 2. The number of carboxylic acid groups (broad SMARTS) is 2. The lowest BCUT2D eigenvalue weighted by atomic mass is 10.0. The molecular weight excluding hydrogens is 380 g/mol. The molecule has 0 spiro atoms. The van der Waals surface area contributed by atoms with Crippen molar-refractivity contribution in [3.05, 3.63) is 0 Å². The molecule has 0 aromatic carbocycles. The Labute approximate surface area is 185 Å². The molecule has 0 aliphatic heterocycles. The van der Waals surface area contributed by atoms with Crippen LogP contribution in [0.1, 0.15) is 110 Å². The largest absolute Gasteiger partial charge is 0.481 e. The average Bonchev–Trinajstić information content (AvgIpc) is 2.65. The molecule has 0 aromatic rings. The molecule has 0 fully saturated rings. The van der Waals surface area contributed by atoms with E-state index in [0.717, 1.165) is 4.48 Å². The van der Waals surface area contributed by atoms with Crippen LogP contribution in [0.2, 0.25) is 0 Å². The van der Waals surface area contributed by atoms with Gasteiger partial charge in [-0.15, -0.1) is 0 Å². The monoisotopic (exact) mass is 431 g/mol. The van der Waals surface area contributed by atoms with E-state index in [-0.39, 0.29) is 12.8 Å². The van der Waals surface area contributed by atoms with Crippen LogP contribution in [0.25, 0.3) is 0 Å². The Hall–Kier alpha value is -1.14. The number of nitrogens with two attached hydrogens (primary N) is 1. The first kappa shape index (κ1) is 31.0. The Morgan fingerprint density at radius 2 is 1.10 bits per heavy atom. The van der Waals surface area contributed by atoms with Gasteiger partial charge in [-0.2, -0.15) is 0 Å². The zero-order chi connectivity index (χ0) is 23.3. The van der Waals surface area contributed by atoms with E-state index in [9.17, 15) is 9.59 Å². The van der Waals surface area contributed by atoms with Gasteiger partial charge in [0.1, 0.15) is 6.04 Å². The third kappa shape index (κ3) is 29.1. The van der Waals surface area contributed by atoms with E-state index in [0.29, 0.717) is 0 Å². The molecule has 0 amide bonds. The van der Waals surface area contributed by atoms with Crippen LogP contribution in [0.5, 0.6) is 0 Å². The van der Waals surface area contributed by atoms with Gasteiger partial charge < -0.3 is 20.4 Å². The summed E-state index contributed by atoms with van der Waals surface area (Å²) in [7, 11) is 6.88. The van der Waals surface area contributed by atoms with Crippen molar-refractivity contribution in [2.45, 2.75) is 116 Å². The lowest BCUT2D eigenvalue weighted by molar-refractivity contribution is -0.870. The van der Waals surface area contributed by atoms with Crippen LogP contribution in [0.3, 0.4) is 0 Å². The van der Waals surface area contributed by atoms with Crippen LogP contribution in [-0.4, -0.2) is 60.4 Å². The van der Waals surface area contributed by atoms with Crippen LogP contribution in [0.4, 0.5) is 0 Å². The number of unbranched alkanes of at least 4 members (excludes halogenated alkanes) is 13. The molecule has 6 heteroatoms. The summed E-state index contributed by atoms with van der Waals surface area (Å²) in [5.74, 6) is -2.20. The normalized spacial score (nSPS) is 12.2. The van der Waals surface area contributed by atoms with Crippen LogP contribution < -0.4 is 5.73 Å². The minimum Gasteiger partial charge on any atom is -0.481 e. The van der Waals surface area contributed by atoms with Crippen molar-refractivity contribution in [3.63, 3.8) is 0 Å². The third-order valence-electron chi connectivity index (χ3n) is 5.17. The quantitative estimate of drug-likeness (QED) is 0.187. The molecule has 1 atom stereocenters. The van der Waals surface area contributed by atoms with E-state index in [2.05, 4.69) is 28.1 Å². The summed E-state index contributed by atoms with van der Waals surface area (Å²) in [5.41, 5.74) is 5.00. The first-order chi connectivity index (χ1) is 14.1. The highest BCUT2D eigenvalue weighted by Crippen LogP contribution is 2.13. The van der Waals surface area contributed by atoms with Gasteiger partial charge in [-0.1, -0.05) is 84.0 Å². The second kappa shape index (κ2) is 21.1. The summed E-state index contributed by atoms with van der Waals surface area (Å²) in [4.78, 5) is 19.9. The predicted molar refractivity (Wildman–Crippen MR) is 126 cm³/mol. The molecule has 30 heavy (non-hydrogen) atoms. The molecule has 0 saturated heterocycles. The van der Waals surface area contributed by atoms with Crippen molar-refractivity contribution in [2.75, 3.05) is 27.7 Å². The summed E-state index contributed by atoms with van der Waals surface area (Å²) in [6.45, 7) is 3.63. The van der Waals surface area contributed by atoms with E-state index in [1.54, 1.807) is 0 Å². The highest BCUT2D eigenvalue weighted by atomic mass is 16.4. The molecule has 0 bridgehead atoms. The molecule has 6 nitrogen and oxygen atoms in total. The third-order valence-corrected chi connectivity index (χ3v) is 5.17. The van der Waals surface area contributed by atoms with Crippen LogP contribution >= 0.6 is 0 Å². The molecule has 0 heterocycles. The predicted octanol–water partition coefficient (Wildman–Crippen LogP) is 5.44. The Balaban J connectivity index is 0. The zero-order valence-electron chi connectivity index (χ0n) is 20.3. The van der Waals surface area contributed by atoms with Crippen LogP contribution in [0, 0.1) is 0 Å². The fraction of sp³-hybridized carbons (Fsp3) is 0.917. The number of carboxylic acids is 2. The molecule has 0 aromatic heterocycles. The molecule has 0 unspecified atom stereocenters. The van der Waals surface area contributed by atoms with Gasteiger partial charge in [-0.25, -0.2) is 0 Å². The number of hydrogen-bond acceptors (Lipinski definition) is 3. The van der Waals surface area contributed by atoms with Gasteiger partial charge >= 0.3 is 11.9 Å². The lowest BCUT2D eigenvalue weighted by Gasteiger charge is -2.23. The van der Waals surface area contributed by atoms with Gasteiger partial charge in [0, 0.05) is 6.42 Å². The van der Waals surface area contributed by atoms with Gasteiger partial charge in [-0.05, 0) is 19.3 Å². The average molecular weight is 432 g/mol. The Morgan fingerprint density at radius 1 is 0.733 bits per heavy atom. The Bertz CT molecular complexity index is 409. The van der Waals surface area contributed by atoms with Crippen molar-refractivity contribution in [1.82, 2.24) is 0 Å². The minimum absolute atomic E-state index is 0.0231. The number of quaternary nitrogens is 1. The van der Waals surface area contributed by atoms with Gasteiger partial charge in [0.25, 0.3) is 0 Å². The fourth-order valence-electron chi connectivity index (χ4n) is 3.18. The summed E-state index contributed by atoms with van der Waals surface area (Å²) in [5, 5.41) is 16.3. The molecule has 0 rings (SSSR count). The number of carbonyl (C=O) groups is 2. The molecule has 0 saturated carbocycles. The lowest BCUT2D eigenvalue weighted by Crippen LogP contribution is -2.35.